The van der Waals surface area contributed by atoms with Crippen LogP contribution >= 0.6 is 22.9 Å². The molecule has 3 heterocycles. The Bertz CT molecular complexity index is 1410. The second-order valence-electron chi connectivity index (χ2n) is 10.0. The van der Waals surface area contributed by atoms with Crippen molar-refractivity contribution in [2.75, 3.05) is 11.9 Å². The van der Waals surface area contributed by atoms with Gasteiger partial charge in [-0.1, -0.05) is 57.6 Å². The zero-order valence-corrected chi connectivity index (χ0v) is 22.4. The van der Waals surface area contributed by atoms with Gasteiger partial charge in [0.25, 0.3) is 5.91 Å². The van der Waals surface area contributed by atoms with Crippen molar-refractivity contribution in [1.82, 2.24) is 15.0 Å². The third-order valence-corrected chi connectivity index (χ3v) is 7.12. The number of aliphatic hydroxyl groups excluding tert-OH is 2. The Morgan fingerprint density at radius 3 is 2.47 bits per heavy atom. The average molecular weight is 525 g/mol. The Labute approximate surface area is 219 Å². The van der Waals surface area contributed by atoms with Gasteiger partial charge in [-0.15, -0.1) is 0 Å². The molecule has 0 saturated heterocycles. The number of thiazole rings is 1. The molecule has 9 heteroatoms. The standard InChI is InChI=1S/C27H29ClN4O3S/c1-14(2)17-9-23-21(10-18(17)27(3,4)5)31-26(36-23)32-25(35)20-7-6-15(11-29-20)24-19(28)8-16(12-30-24)22(34)13-33/h6-12,14,22,33-34H,13H2,1-5H3,(H,31,32,35)/t22-/m0/s1. The van der Waals surface area contributed by atoms with E-state index in [4.69, 9.17) is 16.7 Å². The molecule has 4 rings (SSSR count). The van der Waals surface area contributed by atoms with E-state index in [0.717, 1.165) is 10.2 Å². The highest BCUT2D eigenvalue weighted by molar-refractivity contribution is 7.22. The number of aliphatic hydroxyl groups is 2. The molecular weight excluding hydrogens is 496 g/mol. The molecule has 0 aliphatic rings. The molecule has 1 atom stereocenters. The maximum atomic E-state index is 12.9. The van der Waals surface area contributed by atoms with Crippen LogP contribution in [0.15, 0.2) is 42.7 Å². The third-order valence-electron chi connectivity index (χ3n) is 5.90. The zero-order valence-electron chi connectivity index (χ0n) is 20.8. The number of amides is 1. The number of carbonyl (C=O) groups excluding carboxylic acids is 1. The van der Waals surface area contributed by atoms with Crippen LogP contribution in [0.3, 0.4) is 0 Å². The molecule has 1 aromatic carbocycles. The summed E-state index contributed by atoms with van der Waals surface area (Å²) in [6.07, 6.45) is 1.92. The van der Waals surface area contributed by atoms with Crippen molar-refractivity contribution in [2.24, 2.45) is 0 Å². The number of hydrogen-bond acceptors (Lipinski definition) is 7. The minimum Gasteiger partial charge on any atom is -0.393 e. The molecule has 36 heavy (non-hydrogen) atoms. The van der Waals surface area contributed by atoms with Gasteiger partial charge in [0.15, 0.2) is 5.13 Å². The average Bonchev–Trinajstić information content (AvgIpc) is 3.23. The molecule has 0 aliphatic heterocycles. The molecule has 0 saturated carbocycles. The topological polar surface area (TPSA) is 108 Å². The summed E-state index contributed by atoms with van der Waals surface area (Å²) >= 11 is 7.76. The van der Waals surface area contributed by atoms with Crippen LogP contribution in [0.2, 0.25) is 5.02 Å². The van der Waals surface area contributed by atoms with Crippen LogP contribution in [0.25, 0.3) is 21.5 Å². The number of hydrogen-bond donors (Lipinski definition) is 3. The Balaban J connectivity index is 1.55. The van der Waals surface area contributed by atoms with Crippen LogP contribution in [0.4, 0.5) is 5.13 Å². The van der Waals surface area contributed by atoms with E-state index in [-0.39, 0.29) is 17.0 Å². The van der Waals surface area contributed by atoms with Gasteiger partial charge < -0.3 is 10.2 Å². The van der Waals surface area contributed by atoms with E-state index in [1.807, 2.05) is 0 Å². The molecular formula is C27H29ClN4O3S. The Hall–Kier alpha value is -2.91. The molecule has 4 aromatic rings. The number of anilines is 1. The quantitative estimate of drug-likeness (QED) is 0.281. The second kappa shape index (κ2) is 10.2. The van der Waals surface area contributed by atoms with Crippen molar-refractivity contribution >= 4 is 44.2 Å². The maximum absolute atomic E-state index is 12.9. The van der Waals surface area contributed by atoms with E-state index in [0.29, 0.717) is 32.9 Å². The van der Waals surface area contributed by atoms with Gasteiger partial charge in [-0.2, -0.15) is 0 Å². The highest BCUT2D eigenvalue weighted by Gasteiger charge is 2.22. The number of benzene rings is 1. The molecule has 0 aliphatic carbocycles. The molecule has 0 fully saturated rings. The minimum absolute atomic E-state index is 0.0107. The van der Waals surface area contributed by atoms with Crippen LogP contribution in [-0.2, 0) is 5.41 Å². The lowest BCUT2D eigenvalue weighted by atomic mass is 9.80. The summed E-state index contributed by atoms with van der Waals surface area (Å²) in [5.74, 6) is 0.0200. The summed E-state index contributed by atoms with van der Waals surface area (Å²) in [6.45, 7) is 10.5. The largest absolute Gasteiger partial charge is 0.393 e. The first-order chi connectivity index (χ1) is 17.0. The Morgan fingerprint density at radius 1 is 1.14 bits per heavy atom. The Kier molecular flexibility index (Phi) is 7.43. The normalized spacial score (nSPS) is 12.8. The van der Waals surface area contributed by atoms with Crippen molar-refractivity contribution in [2.45, 2.75) is 52.1 Å². The Morgan fingerprint density at radius 2 is 1.89 bits per heavy atom. The SMILES string of the molecule is CC(C)c1cc2sc(NC(=O)c3ccc(-c4ncc([C@@H](O)CO)cc4Cl)cn3)nc2cc1C(C)(C)C. The number of pyridine rings is 2. The van der Waals surface area contributed by atoms with Crippen LogP contribution in [0, 0.1) is 0 Å². The lowest BCUT2D eigenvalue weighted by molar-refractivity contribution is 0.0953. The number of nitrogens with zero attached hydrogens (tertiary/aromatic N) is 3. The maximum Gasteiger partial charge on any atom is 0.276 e. The van der Waals surface area contributed by atoms with Crippen molar-refractivity contribution in [3.05, 3.63) is 70.1 Å². The highest BCUT2D eigenvalue weighted by atomic mass is 35.5. The molecule has 0 radical (unpaired) electrons. The smallest absolute Gasteiger partial charge is 0.276 e. The third kappa shape index (κ3) is 5.42. The fourth-order valence-electron chi connectivity index (χ4n) is 3.95. The van der Waals surface area contributed by atoms with E-state index >= 15 is 0 Å². The van der Waals surface area contributed by atoms with Crippen LogP contribution < -0.4 is 5.32 Å². The molecule has 0 unspecified atom stereocenters. The monoisotopic (exact) mass is 524 g/mol. The zero-order chi connectivity index (χ0) is 26.2. The predicted molar refractivity (Wildman–Crippen MR) is 145 cm³/mol. The van der Waals surface area contributed by atoms with Gasteiger partial charge in [0.05, 0.1) is 27.5 Å². The van der Waals surface area contributed by atoms with Crippen molar-refractivity contribution in [1.29, 1.82) is 0 Å². The van der Waals surface area contributed by atoms with Gasteiger partial charge in [-0.3, -0.25) is 20.1 Å². The number of carbonyl (C=O) groups is 1. The minimum atomic E-state index is -1.05. The fraction of sp³-hybridized carbons (Fsp3) is 0.333. The van der Waals surface area contributed by atoms with E-state index in [2.05, 4.69) is 67.0 Å². The number of nitrogens with one attached hydrogen (secondary N) is 1. The van der Waals surface area contributed by atoms with Gasteiger partial charge in [0.2, 0.25) is 0 Å². The number of fused-ring (bicyclic) bond motifs is 1. The number of aromatic nitrogens is 3. The molecule has 3 aromatic heterocycles. The van der Waals surface area contributed by atoms with Crippen molar-refractivity contribution < 1.29 is 15.0 Å². The van der Waals surface area contributed by atoms with Crippen LogP contribution in [0.5, 0.6) is 0 Å². The summed E-state index contributed by atoms with van der Waals surface area (Å²) in [5.41, 5.74) is 5.15. The van der Waals surface area contributed by atoms with Gasteiger partial charge in [-0.05, 0) is 52.8 Å². The van der Waals surface area contributed by atoms with Crippen molar-refractivity contribution in [3.63, 3.8) is 0 Å². The van der Waals surface area contributed by atoms with Gasteiger partial charge in [0.1, 0.15) is 11.8 Å². The second-order valence-corrected chi connectivity index (χ2v) is 11.5. The summed E-state index contributed by atoms with van der Waals surface area (Å²) in [5, 5.41) is 22.5. The first-order valence-electron chi connectivity index (χ1n) is 11.6. The summed E-state index contributed by atoms with van der Waals surface area (Å²) in [4.78, 5) is 26.1. The number of halogens is 1. The van der Waals surface area contributed by atoms with Gasteiger partial charge in [0, 0.05) is 23.5 Å². The summed E-state index contributed by atoms with van der Waals surface area (Å²) in [7, 11) is 0. The predicted octanol–water partition coefficient (Wildman–Crippen LogP) is 6.11. The highest BCUT2D eigenvalue weighted by Crippen LogP contribution is 2.37. The molecule has 1 amide bonds. The van der Waals surface area contributed by atoms with Crippen LogP contribution in [-0.4, -0.2) is 37.7 Å². The molecule has 3 N–H and O–H groups in total. The van der Waals surface area contributed by atoms with E-state index in [9.17, 15) is 9.90 Å². The lowest BCUT2D eigenvalue weighted by Crippen LogP contribution is -2.15. The van der Waals surface area contributed by atoms with Gasteiger partial charge in [-0.25, -0.2) is 4.98 Å². The summed E-state index contributed by atoms with van der Waals surface area (Å²) in [6, 6.07) is 9.17. The number of rotatable bonds is 6. The van der Waals surface area contributed by atoms with E-state index in [1.165, 1.54) is 34.9 Å². The van der Waals surface area contributed by atoms with Crippen LogP contribution in [0.1, 0.15) is 73.8 Å². The van der Waals surface area contributed by atoms with Crippen molar-refractivity contribution in [3.8, 4) is 11.3 Å². The molecule has 7 nitrogen and oxygen atoms in total. The summed E-state index contributed by atoms with van der Waals surface area (Å²) < 4.78 is 1.03. The van der Waals surface area contributed by atoms with E-state index < -0.39 is 12.7 Å². The molecule has 188 valence electrons. The fourth-order valence-corrected chi connectivity index (χ4v) is 5.13. The molecule has 0 spiro atoms. The van der Waals surface area contributed by atoms with Gasteiger partial charge >= 0.3 is 0 Å². The van der Waals surface area contributed by atoms with E-state index in [1.54, 1.807) is 18.2 Å². The molecule has 0 bridgehead atoms. The first kappa shape index (κ1) is 26.2. The lowest BCUT2D eigenvalue weighted by Gasteiger charge is -2.24. The first-order valence-corrected chi connectivity index (χ1v) is 12.8.